The third-order valence-corrected chi connectivity index (χ3v) is 17.3. The van der Waals surface area contributed by atoms with E-state index >= 15 is 0 Å². The first-order chi connectivity index (χ1) is 42.4. The van der Waals surface area contributed by atoms with Gasteiger partial charge in [-0.2, -0.15) is 0 Å². The molecule has 0 aliphatic rings. The van der Waals surface area contributed by atoms with Gasteiger partial charge in [0.2, 0.25) is 5.91 Å². The molecule has 0 radical (unpaired) electrons. The van der Waals surface area contributed by atoms with Gasteiger partial charge >= 0.3 is 13.8 Å². The van der Waals surface area contributed by atoms with Crippen LogP contribution in [0, 0.1) is 0 Å². The van der Waals surface area contributed by atoms with Crippen molar-refractivity contribution in [2.75, 3.05) is 40.9 Å². The number of ether oxygens (including phenoxy) is 1. The Morgan fingerprint density at radius 1 is 0.414 bits per heavy atom. The summed E-state index contributed by atoms with van der Waals surface area (Å²) in [5.41, 5.74) is 0. The first kappa shape index (κ1) is 84.2. The Kier molecular flexibility index (Phi) is 64.0. The van der Waals surface area contributed by atoms with Crippen LogP contribution in [0.3, 0.4) is 0 Å². The maximum Gasteiger partial charge on any atom is 0.472 e. The Morgan fingerprint density at radius 3 is 1.10 bits per heavy atom. The van der Waals surface area contributed by atoms with E-state index in [9.17, 15) is 19.0 Å². The third-order valence-electron chi connectivity index (χ3n) is 16.3. The largest absolute Gasteiger partial charge is 0.472 e. The molecule has 2 N–H and O–H groups in total. The third kappa shape index (κ3) is 67.4. The molecule has 0 saturated carbocycles. The highest BCUT2D eigenvalue weighted by molar-refractivity contribution is 7.47. The lowest BCUT2D eigenvalue weighted by Gasteiger charge is -2.27. The van der Waals surface area contributed by atoms with E-state index in [0.717, 1.165) is 109 Å². The van der Waals surface area contributed by atoms with Gasteiger partial charge in [0.05, 0.1) is 33.8 Å². The Hall–Kier alpha value is -2.81. The summed E-state index contributed by atoms with van der Waals surface area (Å²) in [5, 5.41) is 3.07. The van der Waals surface area contributed by atoms with E-state index in [1.54, 1.807) is 0 Å². The molecule has 0 heterocycles. The molecule has 0 bridgehead atoms. The topological polar surface area (TPSA) is 111 Å². The summed E-state index contributed by atoms with van der Waals surface area (Å²) in [6.45, 7) is 6.93. The molecular weight excluding hydrogens is 1100 g/mol. The maximum absolute atomic E-state index is 13.6. The molecule has 87 heavy (non-hydrogen) atoms. The molecule has 0 aromatic heterocycles. The van der Waals surface area contributed by atoms with E-state index < -0.39 is 20.0 Å². The average molecular weight is 1240 g/mol. The molecule has 3 atom stereocenters. The molecule has 3 unspecified atom stereocenters. The zero-order chi connectivity index (χ0) is 63.5. The van der Waals surface area contributed by atoms with Gasteiger partial charge in [-0.05, 0) is 83.1 Å². The summed E-state index contributed by atoms with van der Waals surface area (Å²) < 4.78 is 30.8. The molecule has 0 aliphatic heterocycles. The summed E-state index contributed by atoms with van der Waals surface area (Å²) in [5.74, 6) is -0.504. The number of likely N-dealkylation sites (N-methyl/N-ethyl adjacent to an activating group) is 1. The molecule has 9 nitrogen and oxygen atoms in total. The van der Waals surface area contributed by atoms with Crippen molar-refractivity contribution in [3.63, 3.8) is 0 Å². The van der Waals surface area contributed by atoms with E-state index in [1.165, 1.54) is 199 Å². The fraction of sp³-hybridized carbons (Fsp3) is 0.792. The zero-order valence-electron chi connectivity index (χ0n) is 58.0. The van der Waals surface area contributed by atoms with Crippen LogP contribution in [0.4, 0.5) is 0 Å². The second kappa shape index (κ2) is 66.1. The molecule has 10 heteroatoms. The van der Waals surface area contributed by atoms with Crippen LogP contribution >= 0.6 is 7.82 Å². The number of hydrogen-bond acceptors (Lipinski definition) is 6. The standard InChI is InChI=1S/C77H141N2O7P/c1-7-10-13-16-19-22-25-27-29-31-33-35-37-38-39-40-42-43-45-47-49-51-54-57-60-63-66-69-76(80)78-74(73-85-87(82,83)84-72-71-79(4,5)6)75(68-65-62-59-56-53-24-21-18-15-12-9-3)86-77(81)70-67-64-61-58-55-52-50-48-46-44-41-36-34-32-30-28-26-23-20-17-14-11-8-2/h10,13,19,22,27,29,33,35,38-39,42-43,65,68,74-75H,7-9,11-12,14-18,20-21,23-26,28,30-32,34,36-37,40-41,44-64,66-67,69-73H2,1-6H3,(H-,78,80,82,83)/p+1/b13-10-,22-19-,29-27-,35-33-,39-38-,43-42-,68-65+. The molecule has 506 valence electrons. The first-order valence-corrected chi connectivity index (χ1v) is 38.4. The molecule has 0 aromatic rings. The number of allylic oxidation sites excluding steroid dienone is 13. The molecule has 0 saturated heterocycles. The van der Waals surface area contributed by atoms with Crippen LogP contribution in [0.2, 0.25) is 0 Å². The summed E-state index contributed by atoms with van der Waals surface area (Å²) in [4.78, 5) is 37.9. The van der Waals surface area contributed by atoms with Gasteiger partial charge < -0.3 is 19.4 Å². The number of carbonyl (C=O) groups is 2. The second-order valence-electron chi connectivity index (χ2n) is 26.1. The van der Waals surface area contributed by atoms with Gasteiger partial charge in [-0.1, -0.05) is 331 Å². The molecule has 0 fully saturated rings. The van der Waals surface area contributed by atoms with E-state index in [2.05, 4.69) is 99.0 Å². The van der Waals surface area contributed by atoms with Crippen molar-refractivity contribution >= 4 is 19.7 Å². The van der Waals surface area contributed by atoms with E-state index in [-0.39, 0.29) is 25.1 Å². The van der Waals surface area contributed by atoms with Crippen LogP contribution in [-0.4, -0.2) is 74.3 Å². The van der Waals surface area contributed by atoms with Crippen LogP contribution in [0.1, 0.15) is 342 Å². The minimum Gasteiger partial charge on any atom is -0.456 e. The second-order valence-corrected chi connectivity index (χ2v) is 27.5. The van der Waals surface area contributed by atoms with Crippen LogP contribution < -0.4 is 5.32 Å². The number of rotatable bonds is 67. The Bertz CT molecular complexity index is 1760. The monoisotopic (exact) mass is 1240 g/mol. The zero-order valence-corrected chi connectivity index (χ0v) is 58.9. The van der Waals surface area contributed by atoms with Gasteiger partial charge in [0.1, 0.15) is 19.3 Å². The highest BCUT2D eigenvalue weighted by atomic mass is 31.2. The number of esters is 1. The highest BCUT2D eigenvalue weighted by Gasteiger charge is 2.30. The molecule has 0 rings (SSSR count). The summed E-state index contributed by atoms with van der Waals surface area (Å²) in [7, 11) is 1.49. The predicted octanol–water partition coefficient (Wildman–Crippen LogP) is 23.7. The average Bonchev–Trinajstić information content (AvgIpc) is 3.70. The Balaban J connectivity index is 4.99. The predicted molar refractivity (Wildman–Crippen MR) is 378 cm³/mol. The fourth-order valence-corrected chi connectivity index (χ4v) is 11.4. The summed E-state index contributed by atoms with van der Waals surface area (Å²) in [6.07, 6.45) is 88.9. The molecule has 0 aromatic carbocycles. The highest BCUT2D eigenvalue weighted by Crippen LogP contribution is 2.43. The molecule has 0 spiro atoms. The molecule has 0 aliphatic carbocycles. The smallest absolute Gasteiger partial charge is 0.456 e. The van der Waals surface area contributed by atoms with Gasteiger partial charge in [0.25, 0.3) is 0 Å². The van der Waals surface area contributed by atoms with E-state index in [4.69, 9.17) is 13.8 Å². The number of hydrogen-bond donors (Lipinski definition) is 2. The van der Waals surface area contributed by atoms with Crippen LogP contribution in [0.25, 0.3) is 0 Å². The minimum atomic E-state index is -4.46. The number of quaternary nitrogens is 1. The van der Waals surface area contributed by atoms with Crippen molar-refractivity contribution in [1.29, 1.82) is 0 Å². The number of unbranched alkanes of at least 4 members (excludes halogenated alkanes) is 39. The van der Waals surface area contributed by atoms with Crippen LogP contribution in [0.5, 0.6) is 0 Å². The number of nitrogens with one attached hydrogen (secondary N) is 1. The molecular formula is C77H142N2O7P+. The quantitative estimate of drug-likeness (QED) is 0.0205. The lowest BCUT2D eigenvalue weighted by molar-refractivity contribution is -0.870. The van der Waals surface area contributed by atoms with Crippen molar-refractivity contribution in [1.82, 2.24) is 5.32 Å². The van der Waals surface area contributed by atoms with E-state index in [1.807, 2.05) is 33.3 Å². The Morgan fingerprint density at radius 2 is 0.736 bits per heavy atom. The number of amides is 1. The van der Waals surface area contributed by atoms with E-state index in [0.29, 0.717) is 23.9 Å². The number of carbonyl (C=O) groups excluding carboxylic acids is 2. The van der Waals surface area contributed by atoms with Crippen molar-refractivity contribution in [3.05, 3.63) is 85.1 Å². The minimum absolute atomic E-state index is 0.0370. The van der Waals surface area contributed by atoms with Crippen molar-refractivity contribution in [2.24, 2.45) is 0 Å². The van der Waals surface area contributed by atoms with Crippen LogP contribution in [0.15, 0.2) is 85.1 Å². The fourth-order valence-electron chi connectivity index (χ4n) is 10.7. The summed E-state index contributed by atoms with van der Waals surface area (Å²) >= 11 is 0. The van der Waals surface area contributed by atoms with Crippen LogP contribution in [-0.2, 0) is 27.9 Å². The lowest BCUT2D eigenvalue weighted by atomic mass is 10.0. The maximum atomic E-state index is 13.6. The number of phosphoric ester groups is 1. The number of nitrogens with zero attached hydrogens (tertiary/aromatic N) is 1. The van der Waals surface area contributed by atoms with Crippen molar-refractivity contribution in [2.45, 2.75) is 354 Å². The SMILES string of the molecule is CC/C=C\C/C=C\C/C=C\C/C=C\C/C=C\C/C=C\CCCCCCCCCCC(=O)NC(COP(=O)(O)OCC[N+](C)(C)C)C(/C=C/CCCCCCCCCCC)OC(=O)CCCCCCCCCCCCCCCCCCCCCCCCC. The van der Waals surface area contributed by atoms with Crippen molar-refractivity contribution < 1.29 is 37.3 Å². The molecule has 1 amide bonds. The number of phosphoric acid groups is 1. The normalized spacial score (nSPS) is 14.0. The first-order valence-electron chi connectivity index (χ1n) is 36.9. The lowest BCUT2D eigenvalue weighted by Crippen LogP contribution is -2.47. The van der Waals surface area contributed by atoms with Gasteiger partial charge in [-0.15, -0.1) is 0 Å². The Labute approximate surface area is 539 Å². The van der Waals surface area contributed by atoms with Crippen molar-refractivity contribution in [3.8, 4) is 0 Å². The summed E-state index contributed by atoms with van der Waals surface area (Å²) in [6, 6.07) is -0.856. The van der Waals surface area contributed by atoms with Gasteiger partial charge in [-0.3, -0.25) is 18.6 Å². The van der Waals surface area contributed by atoms with Gasteiger partial charge in [0.15, 0.2) is 0 Å². The van der Waals surface area contributed by atoms with Gasteiger partial charge in [-0.25, -0.2) is 4.57 Å². The van der Waals surface area contributed by atoms with Gasteiger partial charge in [0, 0.05) is 12.8 Å².